The largest absolute Gasteiger partial charge is 0.340 e. The molecule has 1 aromatic heterocycles. The Balaban J connectivity index is 1.67. The van der Waals surface area contributed by atoms with Gasteiger partial charge in [0.2, 0.25) is 0 Å². The van der Waals surface area contributed by atoms with Gasteiger partial charge in [0.1, 0.15) is 11.5 Å². The van der Waals surface area contributed by atoms with Crippen molar-refractivity contribution in [1.82, 2.24) is 9.47 Å². The molecule has 130 valence electrons. The molecule has 26 heavy (non-hydrogen) atoms. The summed E-state index contributed by atoms with van der Waals surface area (Å²) in [5, 5.41) is 3.34. The maximum absolute atomic E-state index is 13.4. The second-order valence-corrected chi connectivity index (χ2v) is 6.18. The van der Waals surface area contributed by atoms with E-state index in [0.717, 1.165) is 10.4 Å². The third-order valence-electron chi connectivity index (χ3n) is 4.58. The van der Waals surface area contributed by atoms with Crippen molar-refractivity contribution in [3.05, 3.63) is 65.1 Å². The molecular formula is C19H14FN3O3. The minimum atomic E-state index is -0.402. The van der Waals surface area contributed by atoms with Gasteiger partial charge < -0.3 is 9.88 Å². The van der Waals surface area contributed by atoms with Crippen LogP contribution in [0, 0.1) is 5.82 Å². The molecule has 3 aromatic rings. The molecule has 6 nitrogen and oxygen atoms in total. The molecule has 0 aliphatic carbocycles. The van der Waals surface area contributed by atoms with Gasteiger partial charge in [-0.25, -0.2) is 4.39 Å². The zero-order valence-electron chi connectivity index (χ0n) is 14.0. The Morgan fingerprint density at radius 3 is 2.46 bits per heavy atom. The van der Waals surface area contributed by atoms with E-state index in [1.165, 1.54) is 31.3 Å². The summed E-state index contributed by atoms with van der Waals surface area (Å²) in [6.45, 7) is 0. The summed E-state index contributed by atoms with van der Waals surface area (Å²) in [4.78, 5) is 37.6. The molecule has 0 spiro atoms. The molecule has 3 amide bonds. The average molecular weight is 351 g/mol. The number of anilines is 1. The first-order chi connectivity index (χ1) is 12.4. The Hall–Kier alpha value is -3.48. The van der Waals surface area contributed by atoms with Gasteiger partial charge in [0, 0.05) is 30.7 Å². The molecular weight excluding hydrogens is 337 g/mol. The highest BCUT2D eigenvalue weighted by molar-refractivity contribution is 6.21. The highest BCUT2D eigenvalue weighted by Crippen LogP contribution is 2.26. The third kappa shape index (κ3) is 2.28. The first kappa shape index (κ1) is 16.0. The number of nitrogens with one attached hydrogen (secondary N) is 1. The maximum atomic E-state index is 13.4. The van der Waals surface area contributed by atoms with Gasteiger partial charge in [0.15, 0.2) is 0 Å². The van der Waals surface area contributed by atoms with Crippen LogP contribution in [0.1, 0.15) is 31.2 Å². The molecule has 4 rings (SSSR count). The summed E-state index contributed by atoms with van der Waals surface area (Å²) in [7, 11) is 3.13. The van der Waals surface area contributed by atoms with Crippen molar-refractivity contribution in [3.63, 3.8) is 0 Å². The van der Waals surface area contributed by atoms with E-state index in [0.29, 0.717) is 22.3 Å². The zero-order valence-corrected chi connectivity index (χ0v) is 14.0. The molecule has 0 bridgehead atoms. The van der Waals surface area contributed by atoms with Crippen molar-refractivity contribution in [3.8, 4) is 0 Å². The lowest BCUT2D eigenvalue weighted by Gasteiger charge is -2.07. The number of hydrogen-bond donors (Lipinski definition) is 1. The highest BCUT2D eigenvalue weighted by Gasteiger charge is 2.32. The number of carbonyl (C=O) groups is 3. The number of aromatic nitrogens is 1. The number of amides is 3. The summed E-state index contributed by atoms with van der Waals surface area (Å²) in [5.41, 5.74) is 2.06. The predicted molar refractivity (Wildman–Crippen MR) is 93.7 cm³/mol. The number of imide groups is 1. The minimum absolute atomic E-state index is 0.259. The molecule has 1 N–H and O–H groups in total. The molecule has 1 aliphatic rings. The van der Waals surface area contributed by atoms with Crippen molar-refractivity contribution in [2.45, 2.75) is 0 Å². The number of carbonyl (C=O) groups excluding carboxylic acids is 3. The Kier molecular flexibility index (Phi) is 3.40. The van der Waals surface area contributed by atoms with Crippen molar-refractivity contribution >= 4 is 34.3 Å². The molecule has 2 aromatic carbocycles. The van der Waals surface area contributed by atoms with Crippen LogP contribution in [0.3, 0.4) is 0 Å². The number of fused-ring (bicyclic) bond motifs is 2. The van der Waals surface area contributed by atoms with E-state index < -0.39 is 11.8 Å². The van der Waals surface area contributed by atoms with Crippen LogP contribution in [0.4, 0.5) is 10.1 Å². The van der Waals surface area contributed by atoms with Crippen molar-refractivity contribution < 1.29 is 18.8 Å². The van der Waals surface area contributed by atoms with Gasteiger partial charge in [0.25, 0.3) is 17.7 Å². The fourth-order valence-electron chi connectivity index (χ4n) is 3.17. The summed E-state index contributed by atoms with van der Waals surface area (Å²) in [6, 6.07) is 10.5. The molecule has 2 heterocycles. The predicted octanol–water partition coefficient (Wildman–Crippen LogP) is 2.80. The van der Waals surface area contributed by atoms with Crippen LogP contribution < -0.4 is 5.32 Å². The Bertz CT molecular complexity index is 1120. The second-order valence-electron chi connectivity index (χ2n) is 6.18. The molecule has 0 atom stereocenters. The normalized spacial score (nSPS) is 13.4. The number of aryl methyl sites for hydroxylation is 1. The summed E-state index contributed by atoms with van der Waals surface area (Å²) in [6.07, 6.45) is 0. The molecule has 0 unspecified atom stereocenters. The molecule has 0 fully saturated rings. The lowest BCUT2D eigenvalue weighted by atomic mass is 10.1. The number of rotatable bonds is 2. The van der Waals surface area contributed by atoms with Crippen molar-refractivity contribution in [2.24, 2.45) is 7.05 Å². The van der Waals surface area contributed by atoms with Gasteiger partial charge >= 0.3 is 0 Å². The SMILES string of the molecule is CN1C(=O)c2ccc(NC(=O)c3cc4cc(F)ccc4n3C)cc2C1=O. The van der Waals surface area contributed by atoms with Gasteiger partial charge in [-0.15, -0.1) is 0 Å². The molecule has 0 saturated carbocycles. The summed E-state index contributed by atoms with van der Waals surface area (Å²) < 4.78 is 15.0. The van der Waals surface area contributed by atoms with Crippen LogP contribution in [0.25, 0.3) is 10.9 Å². The first-order valence-electron chi connectivity index (χ1n) is 7.89. The lowest BCUT2D eigenvalue weighted by Crippen LogP contribution is -2.24. The van der Waals surface area contributed by atoms with Crippen molar-refractivity contribution in [1.29, 1.82) is 0 Å². The molecule has 0 radical (unpaired) electrons. The van der Waals surface area contributed by atoms with Crippen LogP contribution in [-0.2, 0) is 7.05 Å². The number of benzene rings is 2. The fraction of sp³-hybridized carbons (Fsp3) is 0.105. The standard InChI is InChI=1S/C19H14FN3O3/c1-22-15-6-3-11(20)7-10(15)8-16(22)17(24)21-12-4-5-13-14(9-12)19(26)23(2)18(13)25/h3-9H,1-2H3,(H,21,24). The lowest BCUT2D eigenvalue weighted by molar-refractivity contribution is 0.0692. The van der Waals surface area contributed by atoms with E-state index in [1.807, 2.05) is 0 Å². The van der Waals surface area contributed by atoms with Gasteiger partial charge in [-0.3, -0.25) is 19.3 Å². The van der Waals surface area contributed by atoms with Gasteiger partial charge in [-0.05, 0) is 42.5 Å². The van der Waals surface area contributed by atoms with E-state index in [-0.39, 0.29) is 17.3 Å². The Labute approximate surface area is 147 Å². The number of nitrogens with zero attached hydrogens (tertiary/aromatic N) is 2. The van der Waals surface area contributed by atoms with Crippen LogP contribution in [0.5, 0.6) is 0 Å². The van der Waals surface area contributed by atoms with Gasteiger partial charge in [-0.2, -0.15) is 0 Å². The summed E-state index contributed by atoms with van der Waals surface area (Å²) >= 11 is 0. The number of halogens is 1. The fourth-order valence-corrected chi connectivity index (χ4v) is 3.17. The first-order valence-corrected chi connectivity index (χ1v) is 7.89. The summed E-state index contributed by atoms with van der Waals surface area (Å²) in [5.74, 6) is -1.53. The minimum Gasteiger partial charge on any atom is -0.340 e. The maximum Gasteiger partial charge on any atom is 0.272 e. The molecule has 0 saturated heterocycles. The monoisotopic (exact) mass is 351 g/mol. The third-order valence-corrected chi connectivity index (χ3v) is 4.58. The Morgan fingerprint density at radius 1 is 0.962 bits per heavy atom. The van der Waals surface area contributed by atoms with Crippen LogP contribution in [0.15, 0.2) is 42.5 Å². The van der Waals surface area contributed by atoms with Crippen LogP contribution in [0.2, 0.25) is 0 Å². The Morgan fingerprint density at radius 2 is 1.69 bits per heavy atom. The topological polar surface area (TPSA) is 71.4 Å². The van der Waals surface area contributed by atoms with Crippen LogP contribution in [-0.4, -0.2) is 34.2 Å². The smallest absolute Gasteiger partial charge is 0.272 e. The van der Waals surface area contributed by atoms with E-state index in [9.17, 15) is 18.8 Å². The van der Waals surface area contributed by atoms with Crippen LogP contribution >= 0.6 is 0 Å². The highest BCUT2D eigenvalue weighted by atomic mass is 19.1. The number of hydrogen-bond acceptors (Lipinski definition) is 3. The molecule has 1 aliphatic heterocycles. The van der Waals surface area contributed by atoms with Crippen molar-refractivity contribution in [2.75, 3.05) is 12.4 Å². The van der Waals surface area contributed by atoms with E-state index >= 15 is 0 Å². The quantitative estimate of drug-likeness (QED) is 0.722. The van der Waals surface area contributed by atoms with E-state index in [1.54, 1.807) is 29.8 Å². The zero-order chi connectivity index (χ0) is 18.6. The average Bonchev–Trinajstić information content (AvgIpc) is 3.05. The van der Waals surface area contributed by atoms with Gasteiger partial charge in [0.05, 0.1) is 11.1 Å². The van der Waals surface area contributed by atoms with Gasteiger partial charge in [-0.1, -0.05) is 0 Å². The second kappa shape index (κ2) is 5.52. The molecule has 7 heteroatoms. The van der Waals surface area contributed by atoms with E-state index in [2.05, 4.69) is 5.32 Å². The van der Waals surface area contributed by atoms with E-state index in [4.69, 9.17) is 0 Å².